The molecule has 1 atom stereocenters. The molecule has 1 aliphatic heterocycles. The number of carbonyl (C=O) groups excluding carboxylic acids is 1. The minimum Gasteiger partial charge on any atom is -0.497 e. The van der Waals surface area contributed by atoms with E-state index in [1.807, 2.05) is 12.1 Å². The molecule has 1 aromatic carbocycles. The molecule has 1 unspecified atom stereocenters. The summed E-state index contributed by atoms with van der Waals surface area (Å²) in [5, 5.41) is 6.63. The molecule has 0 aromatic heterocycles. The van der Waals surface area contributed by atoms with Crippen LogP contribution < -0.4 is 15.4 Å². The van der Waals surface area contributed by atoms with Crippen LogP contribution in [-0.2, 0) is 4.79 Å². The minimum atomic E-state index is 0. The number of unbranched alkanes of at least 4 members (excludes halogenated alkanes) is 1. The summed E-state index contributed by atoms with van der Waals surface area (Å²) in [6.07, 6.45) is 7.29. The summed E-state index contributed by atoms with van der Waals surface area (Å²) in [5.74, 6) is 1.74. The Bertz CT molecular complexity index is 487. The summed E-state index contributed by atoms with van der Waals surface area (Å²) in [4.78, 5) is 12.4. The molecule has 1 aliphatic rings. The smallest absolute Gasteiger partial charge is 0.220 e. The zero-order valence-electron chi connectivity index (χ0n) is 15.6. The number of halogens is 1. The maximum Gasteiger partial charge on any atom is 0.220 e. The van der Waals surface area contributed by atoms with E-state index in [0.717, 1.165) is 44.5 Å². The average Bonchev–Trinajstić information content (AvgIpc) is 2.64. The van der Waals surface area contributed by atoms with Gasteiger partial charge in [0.1, 0.15) is 5.75 Å². The molecule has 1 fully saturated rings. The number of rotatable bonds is 9. The third-order valence-electron chi connectivity index (χ3n) is 4.94. The van der Waals surface area contributed by atoms with Crippen LogP contribution in [0.1, 0.15) is 63.5 Å². The lowest BCUT2D eigenvalue weighted by molar-refractivity contribution is -0.122. The fourth-order valence-corrected chi connectivity index (χ4v) is 3.34. The van der Waals surface area contributed by atoms with E-state index in [1.54, 1.807) is 7.11 Å². The maximum absolute atomic E-state index is 12.4. The van der Waals surface area contributed by atoms with E-state index in [-0.39, 0.29) is 24.4 Å². The Labute approximate surface area is 158 Å². The summed E-state index contributed by atoms with van der Waals surface area (Å²) in [7, 11) is 1.67. The lowest BCUT2D eigenvalue weighted by atomic mass is 9.93. The Morgan fingerprint density at radius 2 is 1.96 bits per heavy atom. The van der Waals surface area contributed by atoms with Crippen molar-refractivity contribution in [3.8, 4) is 5.75 Å². The highest BCUT2D eigenvalue weighted by Crippen LogP contribution is 2.23. The van der Waals surface area contributed by atoms with Crippen LogP contribution in [-0.4, -0.2) is 26.1 Å². The van der Waals surface area contributed by atoms with Crippen molar-refractivity contribution in [3.05, 3.63) is 29.8 Å². The van der Waals surface area contributed by atoms with Gasteiger partial charge < -0.3 is 15.4 Å². The molecule has 25 heavy (non-hydrogen) atoms. The summed E-state index contributed by atoms with van der Waals surface area (Å²) >= 11 is 0. The molecule has 5 heteroatoms. The predicted octanol–water partition coefficient (Wildman–Crippen LogP) is 4.24. The van der Waals surface area contributed by atoms with E-state index >= 15 is 0 Å². The van der Waals surface area contributed by atoms with Gasteiger partial charge >= 0.3 is 0 Å². The zero-order valence-corrected chi connectivity index (χ0v) is 16.4. The topological polar surface area (TPSA) is 50.4 Å². The van der Waals surface area contributed by atoms with Crippen molar-refractivity contribution in [1.29, 1.82) is 0 Å². The van der Waals surface area contributed by atoms with Gasteiger partial charge in [-0.3, -0.25) is 4.79 Å². The molecule has 1 aromatic rings. The first kappa shape index (κ1) is 21.8. The highest BCUT2D eigenvalue weighted by atomic mass is 35.5. The van der Waals surface area contributed by atoms with Gasteiger partial charge in [0.15, 0.2) is 0 Å². The van der Waals surface area contributed by atoms with Crippen molar-refractivity contribution < 1.29 is 9.53 Å². The molecule has 0 radical (unpaired) electrons. The average molecular weight is 369 g/mol. The molecular formula is C20H33ClN2O2. The molecule has 0 spiro atoms. The van der Waals surface area contributed by atoms with Crippen LogP contribution in [0.5, 0.6) is 5.75 Å². The number of ether oxygens (including phenoxy) is 1. The summed E-state index contributed by atoms with van der Waals surface area (Å²) in [6.45, 7) is 4.37. The third-order valence-corrected chi connectivity index (χ3v) is 4.94. The second-order valence-corrected chi connectivity index (χ2v) is 6.77. The quantitative estimate of drug-likeness (QED) is 0.685. The normalized spacial score (nSPS) is 15.9. The molecule has 4 nitrogen and oxygen atoms in total. The summed E-state index contributed by atoms with van der Waals surface area (Å²) in [5.41, 5.74) is 1.17. The van der Waals surface area contributed by atoms with E-state index in [4.69, 9.17) is 4.74 Å². The number of amides is 1. The molecule has 2 rings (SSSR count). The number of benzene rings is 1. The monoisotopic (exact) mass is 368 g/mol. The van der Waals surface area contributed by atoms with Crippen LogP contribution in [0, 0.1) is 5.92 Å². The Balaban J connectivity index is 0.00000312. The van der Waals surface area contributed by atoms with Gasteiger partial charge in [-0.2, -0.15) is 0 Å². The molecule has 1 heterocycles. The van der Waals surface area contributed by atoms with Gasteiger partial charge in [-0.05, 0) is 62.4 Å². The number of piperidine rings is 1. The number of methoxy groups -OCH3 is 1. The molecule has 0 aliphatic carbocycles. The molecule has 0 saturated carbocycles. The Kier molecular flexibility index (Phi) is 10.6. The fourth-order valence-electron chi connectivity index (χ4n) is 3.34. The van der Waals surface area contributed by atoms with Crippen LogP contribution in [0.2, 0.25) is 0 Å². The molecule has 142 valence electrons. The highest BCUT2D eigenvalue weighted by molar-refractivity contribution is 5.85. The first-order valence-electron chi connectivity index (χ1n) is 9.37. The van der Waals surface area contributed by atoms with Crippen molar-refractivity contribution in [1.82, 2.24) is 10.6 Å². The largest absolute Gasteiger partial charge is 0.497 e. The van der Waals surface area contributed by atoms with Gasteiger partial charge in [-0.1, -0.05) is 31.9 Å². The minimum absolute atomic E-state index is 0. The first-order valence-corrected chi connectivity index (χ1v) is 9.37. The fraction of sp³-hybridized carbons (Fsp3) is 0.650. The SMILES string of the molecule is CCCCC(NC(=O)CCC1CCNCC1)c1ccc(OC)cc1.Cl. The van der Waals surface area contributed by atoms with Crippen molar-refractivity contribution in [2.45, 2.75) is 57.9 Å². The van der Waals surface area contributed by atoms with Crippen molar-refractivity contribution in [3.63, 3.8) is 0 Å². The van der Waals surface area contributed by atoms with Crippen LogP contribution >= 0.6 is 12.4 Å². The van der Waals surface area contributed by atoms with Crippen molar-refractivity contribution in [2.24, 2.45) is 5.92 Å². The summed E-state index contributed by atoms with van der Waals surface area (Å²) in [6, 6.07) is 8.17. The molecule has 2 N–H and O–H groups in total. The Morgan fingerprint density at radius 3 is 2.56 bits per heavy atom. The molecule has 1 amide bonds. The van der Waals surface area contributed by atoms with E-state index in [2.05, 4.69) is 29.7 Å². The number of hydrogen-bond donors (Lipinski definition) is 2. The zero-order chi connectivity index (χ0) is 17.2. The third kappa shape index (κ3) is 7.66. The second-order valence-electron chi connectivity index (χ2n) is 6.77. The standard InChI is InChI=1S/C20H32N2O2.ClH/c1-3-4-5-19(17-7-9-18(24-2)10-8-17)22-20(23)11-6-16-12-14-21-15-13-16;/h7-10,16,19,21H,3-6,11-15H2,1-2H3,(H,22,23);1H. The first-order chi connectivity index (χ1) is 11.7. The number of carbonyl (C=O) groups is 1. The Morgan fingerprint density at radius 1 is 1.28 bits per heavy atom. The van der Waals surface area contributed by atoms with Crippen molar-refractivity contribution in [2.75, 3.05) is 20.2 Å². The summed E-state index contributed by atoms with van der Waals surface area (Å²) < 4.78 is 5.22. The lowest BCUT2D eigenvalue weighted by Crippen LogP contribution is -2.31. The number of nitrogens with one attached hydrogen (secondary N) is 2. The van der Waals surface area contributed by atoms with Crippen LogP contribution in [0.3, 0.4) is 0 Å². The van der Waals surface area contributed by atoms with E-state index in [9.17, 15) is 4.79 Å². The predicted molar refractivity (Wildman–Crippen MR) is 105 cm³/mol. The van der Waals surface area contributed by atoms with E-state index in [0.29, 0.717) is 12.3 Å². The van der Waals surface area contributed by atoms with Gasteiger partial charge in [0.05, 0.1) is 13.2 Å². The van der Waals surface area contributed by atoms with Crippen LogP contribution in [0.4, 0.5) is 0 Å². The van der Waals surface area contributed by atoms with Crippen molar-refractivity contribution >= 4 is 18.3 Å². The molecular weight excluding hydrogens is 336 g/mol. The number of hydrogen-bond acceptors (Lipinski definition) is 3. The van der Waals surface area contributed by atoms with Crippen LogP contribution in [0.25, 0.3) is 0 Å². The van der Waals surface area contributed by atoms with E-state index < -0.39 is 0 Å². The Hall–Kier alpha value is -1.26. The molecule has 1 saturated heterocycles. The van der Waals surface area contributed by atoms with Gasteiger partial charge in [-0.25, -0.2) is 0 Å². The second kappa shape index (κ2) is 12.2. The van der Waals surface area contributed by atoms with Gasteiger partial charge in [0.2, 0.25) is 5.91 Å². The highest BCUT2D eigenvalue weighted by Gasteiger charge is 2.17. The lowest BCUT2D eigenvalue weighted by Gasteiger charge is -2.23. The van der Waals surface area contributed by atoms with Gasteiger partial charge in [0, 0.05) is 6.42 Å². The van der Waals surface area contributed by atoms with Crippen LogP contribution in [0.15, 0.2) is 24.3 Å². The maximum atomic E-state index is 12.4. The van der Waals surface area contributed by atoms with E-state index in [1.165, 1.54) is 18.4 Å². The molecule has 0 bridgehead atoms. The van der Waals surface area contributed by atoms with Gasteiger partial charge in [0.25, 0.3) is 0 Å². The van der Waals surface area contributed by atoms with Gasteiger partial charge in [-0.15, -0.1) is 12.4 Å².